The van der Waals surface area contributed by atoms with E-state index in [1.807, 2.05) is 23.5 Å². The van der Waals surface area contributed by atoms with E-state index in [-0.39, 0.29) is 0 Å². The molecule has 0 unspecified atom stereocenters. The molecule has 154 valence electrons. The Bertz CT molecular complexity index is 1660. The summed E-state index contributed by atoms with van der Waals surface area (Å²) in [4.78, 5) is 4.06. The summed E-state index contributed by atoms with van der Waals surface area (Å²) in [6.07, 6.45) is 1.68. The minimum atomic E-state index is 0.433. The standard InChI is InChI=1S/C30H18N2S/c31-19-26-16-25(14-15-32-26)22-8-6-21(7-9-22)24-11-13-28-27-12-10-23(20-4-2-1-3-5-20)17-29(27)33-30(28)18-24/h1-18H. The van der Waals surface area contributed by atoms with Crippen molar-refractivity contribution in [2.75, 3.05) is 0 Å². The molecule has 0 aliphatic heterocycles. The summed E-state index contributed by atoms with van der Waals surface area (Å²) in [7, 11) is 0. The molecule has 2 aromatic heterocycles. The van der Waals surface area contributed by atoms with Crippen LogP contribution in [0.15, 0.2) is 109 Å². The molecule has 6 rings (SSSR count). The first-order valence-electron chi connectivity index (χ1n) is 10.8. The van der Waals surface area contributed by atoms with Crippen LogP contribution in [0.25, 0.3) is 53.6 Å². The van der Waals surface area contributed by atoms with Crippen LogP contribution >= 0.6 is 11.3 Å². The number of benzene rings is 4. The van der Waals surface area contributed by atoms with Crippen LogP contribution in [0.1, 0.15) is 5.69 Å². The SMILES string of the molecule is N#Cc1cc(-c2ccc(-c3ccc4c(c3)sc3cc(-c5ccccc5)ccc34)cc2)ccn1. The summed E-state index contributed by atoms with van der Waals surface area (Å²) < 4.78 is 2.61. The third kappa shape index (κ3) is 3.57. The number of pyridine rings is 1. The molecule has 3 heteroatoms. The van der Waals surface area contributed by atoms with Gasteiger partial charge in [-0.1, -0.05) is 78.9 Å². The Morgan fingerprint density at radius 3 is 1.64 bits per heavy atom. The first-order chi connectivity index (χ1) is 16.3. The molecule has 0 aliphatic carbocycles. The van der Waals surface area contributed by atoms with Gasteiger partial charge in [-0.25, -0.2) is 4.98 Å². The van der Waals surface area contributed by atoms with Crippen LogP contribution in [0.4, 0.5) is 0 Å². The quantitative estimate of drug-likeness (QED) is 0.278. The lowest BCUT2D eigenvalue weighted by molar-refractivity contribution is 1.26. The van der Waals surface area contributed by atoms with Crippen LogP contribution in [-0.4, -0.2) is 4.98 Å². The van der Waals surface area contributed by atoms with Crippen molar-refractivity contribution in [1.29, 1.82) is 5.26 Å². The monoisotopic (exact) mass is 438 g/mol. The van der Waals surface area contributed by atoms with E-state index >= 15 is 0 Å². The van der Waals surface area contributed by atoms with Crippen LogP contribution in [0.3, 0.4) is 0 Å². The molecule has 0 fully saturated rings. The lowest BCUT2D eigenvalue weighted by Gasteiger charge is -2.06. The molecule has 0 saturated carbocycles. The molecule has 33 heavy (non-hydrogen) atoms. The number of nitrogens with zero attached hydrogens (tertiary/aromatic N) is 2. The molecule has 0 N–H and O–H groups in total. The highest BCUT2D eigenvalue weighted by Crippen LogP contribution is 2.38. The Kier molecular flexibility index (Phi) is 4.72. The molecule has 6 aromatic rings. The van der Waals surface area contributed by atoms with Gasteiger partial charge in [-0.3, -0.25) is 0 Å². The minimum Gasteiger partial charge on any atom is -0.246 e. The van der Waals surface area contributed by atoms with Gasteiger partial charge in [-0.15, -0.1) is 11.3 Å². The summed E-state index contributed by atoms with van der Waals surface area (Å²) in [5, 5.41) is 11.7. The van der Waals surface area contributed by atoms with Crippen LogP contribution in [-0.2, 0) is 0 Å². The first-order valence-corrected chi connectivity index (χ1v) is 11.6. The molecule has 0 saturated heterocycles. The van der Waals surface area contributed by atoms with E-state index in [0.717, 1.165) is 11.1 Å². The highest BCUT2D eigenvalue weighted by molar-refractivity contribution is 7.25. The molecule has 0 bridgehead atoms. The average Bonchev–Trinajstić information content (AvgIpc) is 3.26. The van der Waals surface area contributed by atoms with Crippen molar-refractivity contribution in [3.63, 3.8) is 0 Å². The van der Waals surface area contributed by atoms with E-state index in [1.165, 1.54) is 42.4 Å². The predicted molar refractivity (Wildman–Crippen MR) is 138 cm³/mol. The van der Waals surface area contributed by atoms with Crippen LogP contribution in [0.5, 0.6) is 0 Å². The van der Waals surface area contributed by atoms with E-state index in [2.05, 4.69) is 102 Å². The van der Waals surface area contributed by atoms with E-state index in [1.54, 1.807) is 6.20 Å². The summed E-state index contributed by atoms with van der Waals surface area (Å²) in [6, 6.07) is 38.4. The second-order valence-electron chi connectivity index (χ2n) is 8.01. The Hall–Kier alpha value is -4.26. The normalized spacial score (nSPS) is 11.0. The fraction of sp³-hybridized carbons (Fsp3) is 0. The van der Waals surface area contributed by atoms with E-state index in [9.17, 15) is 0 Å². The maximum absolute atomic E-state index is 9.10. The highest BCUT2D eigenvalue weighted by Gasteiger charge is 2.09. The molecule has 0 amide bonds. The molecular weight excluding hydrogens is 420 g/mol. The Labute approximate surface area is 196 Å². The van der Waals surface area contributed by atoms with Gasteiger partial charge in [-0.05, 0) is 57.6 Å². The van der Waals surface area contributed by atoms with Crippen LogP contribution in [0, 0.1) is 11.3 Å². The highest BCUT2D eigenvalue weighted by atomic mass is 32.1. The maximum atomic E-state index is 9.10. The third-order valence-corrected chi connectivity index (χ3v) is 7.12. The number of hydrogen-bond donors (Lipinski definition) is 0. The molecular formula is C30H18N2S. The van der Waals surface area contributed by atoms with E-state index in [0.29, 0.717) is 5.69 Å². The fourth-order valence-corrected chi connectivity index (χ4v) is 5.48. The summed E-state index contributed by atoms with van der Waals surface area (Å²) in [5.74, 6) is 0. The Morgan fingerprint density at radius 2 is 1.06 bits per heavy atom. The second-order valence-corrected chi connectivity index (χ2v) is 9.09. The topological polar surface area (TPSA) is 36.7 Å². The first kappa shape index (κ1) is 19.4. The van der Waals surface area contributed by atoms with E-state index < -0.39 is 0 Å². The van der Waals surface area contributed by atoms with Gasteiger partial charge in [0.05, 0.1) is 0 Å². The van der Waals surface area contributed by atoms with Crippen molar-refractivity contribution in [3.05, 3.63) is 115 Å². The fourth-order valence-electron chi connectivity index (χ4n) is 4.29. The van der Waals surface area contributed by atoms with Gasteiger partial charge in [-0.2, -0.15) is 5.26 Å². The van der Waals surface area contributed by atoms with Gasteiger partial charge < -0.3 is 0 Å². The van der Waals surface area contributed by atoms with E-state index in [4.69, 9.17) is 5.26 Å². The van der Waals surface area contributed by atoms with Crippen molar-refractivity contribution in [2.24, 2.45) is 0 Å². The molecule has 2 heterocycles. The smallest absolute Gasteiger partial charge is 0.141 e. The predicted octanol–water partition coefficient (Wildman–Crippen LogP) is 8.32. The molecule has 4 aromatic carbocycles. The number of fused-ring (bicyclic) bond motifs is 3. The van der Waals surface area contributed by atoms with Crippen molar-refractivity contribution in [3.8, 4) is 39.4 Å². The van der Waals surface area contributed by atoms with Gasteiger partial charge in [0.1, 0.15) is 11.8 Å². The molecule has 0 atom stereocenters. The van der Waals surface area contributed by atoms with Gasteiger partial charge in [0.15, 0.2) is 0 Å². The zero-order chi connectivity index (χ0) is 22.2. The third-order valence-electron chi connectivity index (χ3n) is 6.01. The van der Waals surface area contributed by atoms with Crippen LogP contribution in [0.2, 0.25) is 0 Å². The summed E-state index contributed by atoms with van der Waals surface area (Å²) in [5.41, 5.74) is 7.39. The lowest BCUT2D eigenvalue weighted by Crippen LogP contribution is -1.84. The number of aromatic nitrogens is 1. The largest absolute Gasteiger partial charge is 0.246 e. The molecule has 0 spiro atoms. The Morgan fingerprint density at radius 1 is 0.545 bits per heavy atom. The van der Waals surface area contributed by atoms with Gasteiger partial charge in [0, 0.05) is 26.4 Å². The molecule has 2 nitrogen and oxygen atoms in total. The number of rotatable bonds is 3. The molecule has 0 aliphatic rings. The number of thiophene rings is 1. The lowest BCUT2D eigenvalue weighted by atomic mass is 9.99. The Balaban J connectivity index is 1.37. The zero-order valence-corrected chi connectivity index (χ0v) is 18.5. The van der Waals surface area contributed by atoms with Gasteiger partial charge >= 0.3 is 0 Å². The van der Waals surface area contributed by atoms with Crippen molar-refractivity contribution in [2.45, 2.75) is 0 Å². The average molecular weight is 439 g/mol. The minimum absolute atomic E-state index is 0.433. The van der Waals surface area contributed by atoms with Gasteiger partial charge in [0.2, 0.25) is 0 Å². The van der Waals surface area contributed by atoms with Crippen molar-refractivity contribution < 1.29 is 0 Å². The molecule has 0 radical (unpaired) electrons. The van der Waals surface area contributed by atoms with Crippen molar-refractivity contribution >= 4 is 31.5 Å². The van der Waals surface area contributed by atoms with Crippen molar-refractivity contribution in [1.82, 2.24) is 4.98 Å². The van der Waals surface area contributed by atoms with Gasteiger partial charge in [0.25, 0.3) is 0 Å². The van der Waals surface area contributed by atoms with Crippen LogP contribution < -0.4 is 0 Å². The number of hydrogen-bond acceptors (Lipinski definition) is 3. The maximum Gasteiger partial charge on any atom is 0.141 e. The summed E-state index contributed by atoms with van der Waals surface area (Å²) >= 11 is 1.85. The number of nitriles is 1. The zero-order valence-electron chi connectivity index (χ0n) is 17.7. The summed E-state index contributed by atoms with van der Waals surface area (Å²) in [6.45, 7) is 0. The second kappa shape index (κ2) is 8.02.